The van der Waals surface area contributed by atoms with Gasteiger partial charge >= 0.3 is 6.01 Å². The summed E-state index contributed by atoms with van der Waals surface area (Å²) in [4.78, 5) is 19.1. The van der Waals surface area contributed by atoms with Crippen LogP contribution in [0.25, 0.3) is 11.3 Å². The highest BCUT2D eigenvalue weighted by Gasteiger charge is 2.39. The first-order valence-corrected chi connectivity index (χ1v) is 6.92. The molecule has 114 valence electrons. The average molecular weight is 300 g/mol. The van der Waals surface area contributed by atoms with E-state index in [0.717, 1.165) is 24.0 Å². The minimum atomic E-state index is 0.0877. The van der Waals surface area contributed by atoms with Gasteiger partial charge < -0.3 is 14.3 Å². The van der Waals surface area contributed by atoms with Gasteiger partial charge in [0.15, 0.2) is 0 Å². The molecule has 1 saturated carbocycles. The third-order valence-electron chi connectivity index (χ3n) is 3.82. The maximum Gasteiger partial charge on any atom is 0.319 e. The molecule has 2 aromatic heterocycles. The van der Waals surface area contributed by atoms with Gasteiger partial charge in [0.25, 0.3) is 0 Å². The first-order valence-electron chi connectivity index (χ1n) is 6.92. The lowest BCUT2D eigenvalue weighted by Crippen LogP contribution is -2.01. The first kappa shape index (κ1) is 14.4. The van der Waals surface area contributed by atoms with Crippen molar-refractivity contribution in [3.05, 3.63) is 23.5 Å². The average Bonchev–Trinajstić information content (AvgIpc) is 3.34. The Hall–Kier alpha value is -2.57. The van der Waals surface area contributed by atoms with E-state index in [0.29, 0.717) is 17.1 Å². The molecular formula is C15H16N4O3. The predicted octanol–water partition coefficient (Wildman–Crippen LogP) is 1.56. The molecular weight excluding hydrogens is 284 g/mol. The number of rotatable bonds is 5. The van der Waals surface area contributed by atoms with Crippen molar-refractivity contribution in [2.75, 3.05) is 14.2 Å². The summed E-state index contributed by atoms with van der Waals surface area (Å²) in [5, 5.41) is 8.39. The number of hydrogen-bond donors (Lipinski definition) is 0. The monoisotopic (exact) mass is 300 g/mol. The van der Waals surface area contributed by atoms with Crippen LogP contribution in [0.4, 0.5) is 0 Å². The molecule has 1 fully saturated rings. The normalized spacial score (nSPS) is 19.6. The fourth-order valence-electron chi connectivity index (χ4n) is 2.48. The summed E-state index contributed by atoms with van der Waals surface area (Å²) < 4.78 is 10.3. The summed E-state index contributed by atoms with van der Waals surface area (Å²) in [6, 6.07) is 2.16. The van der Waals surface area contributed by atoms with Crippen LogP contribution in [0.1, 0.15) is 23.6 Å². The molecule has 2 heterocycles. The van der Waals surface area contributed by atoms with Crippen LogP contribution in [0.15, 0.2) is 12.3 Å². The second-order valence-corrected chi connectivity index (χ2v) is 5.19. The van der Waals surface area contributed by atoms with Crippen LogP contribution in [0, 0.1) is 12.8 Å². The molecule has 0 saturated heterocycles. The van der Waals surface area contributed by atoms with E-state index in [2.05, 4.69) is 20.2 Å². The third kappa shape index (κ3) is 2.49. The van der Waals surface area contributed by atoms with Gasteiger partial charge in [-0.15, -0.1) is 5.10 Å². The maximum absolute atomic E-state index is 10.9. The summed E-state index contributed by atoms with van der Waals surface area (Å²) in [7, 11) is 3.02. The first-order chi connectivity index (χ1) is 10.7. The van der Waals surface area contributed by atoms with Gasteiger partial charge in [-0.3, -0.25) is 0 Å². The second-order valence-electron chi connectivity index (χ2n) is 5.19. The summed E-state index contributed by atoms with van der Waals surface area (Å²) in [6.07, 6.45) is 3.46. The van der Waals surface area contributed by atoms with E-state index in [4.69, 9.17) is 9.47 Å². The largest absolute Gasteiger partial charge is 0.480 e. The zero-order valence-electron chi connectivity index (χ0n) is 12.6. The summed E-state index contributed by atoms with van der Waals surface area (Å²) in [5.41, 5.74) is 3.14. The van der Waals surface area contributed by atoms with Gasteiger partial charge in [-0.05, 0) is 30.9 Å². The molecule has 1 aliphatic carbocycles. The number of aldehydes is 1. The van der Waals surface area contributed by atoms with Crippen LogP contribution in [0.3, 0.4) is 0 Å². The lowest BCUT2D eigenvalue weighted by Gasteiger charge is -2.09. The van der Waals surface area contributed by atoms with Crippen LogP contribution in [0.2, 0.25) is 0 Å². The fraction of sp³-hybridized carbons (Fsp3) is 0.400. The van der Waals surface area contributed by atoms with Gasteiger partial charge in [-0.1, -0.05) is 0 Å². The zero-order valence-corrected chi connectivity index (χ0v) is 12.6. The summed E-state index contributed by atoms with van der Waals surface area (Å²) >= 11 is 0. The van der Waals surface area contributed by atoms with Crippen LogP contribution >= 0.6 is 0 Å². The summed E-state index contributed by atoms with van der Waals surface area (Å²) in [6.45, 7) is 1.90. The molecule has 1 unspecified atom stereocenters. The number of aromatic nitrogens is 4. The molecule has 2 atom stereocenters. The number of carbonyl (C=O) groups is 1. The van der Waals surface area contributed by atoms with Gasteiger partial charge in [0.1, 0.15) is 12.0 Å². The smallest absolute Gasteiger partial charge is 0.319 e. The van der Waals surface area contributed by atoms with E-state index in [-0.39, 0.29) is 17.8 Å². The molecule has 0 aliphatic heterocycles. The van der Waals surface area contributed by atoms with Gasteiger partial charge in [0.2, 0.25) is 5.88 Å². The topological polar surface area (TPSA) is 87.1 Å². The molecule has 0 spiro atoms. The van der Waals surface area contributed by atoms with Crippen molar-refractivity contribution in [1.29, 1.82) is 0 Å². The zero-order chi connectivity index (χ0) is 15.7. The van der Waals surface area contributed by atoms with E-state index in [1.54, 1.807) is 6.20 Å². The molecule has 0 amide bonds. The molecule has 0 aromatic carbocycles. The lowest BCUT2D eigenvalue weighted by molar-refractivity contribution is -0.108. The Kier molecular flexibility index (Phi) is 3.70. The van der Waals surface area contributed by atoms with Gasteiger partial charge in [-0.2, -0.15) is 10.1 Å². The maximum atomic E-state index is 10.9. The van der Waals surface area contributed by atoms with Crippen molar-refractivity contribution in [1.82, 2.24) is 20.2 Å². The van der Waals surface area contributed by atoms with E-state index in [9.17, 15) is 4.79 Å². The molecule has 1 aliphatic rings. The number of carbonyl (C=O) groups excluding carboxylic acids is 1. The van der Waals surface area contributed by atoms with E-state index in [1.165, 1.54) is 14.2 Å². The summed E-state index contributed by atoms with van der Waals surface area (Å²) in [5.74, 6) is 0.695. The van der Waals surface area contributed by atoms with Crippen molar-refractivity contribution >= 4 is 6.29 Å². The number of aryl methyl sites for hydroxylation is 1. The SMILES string of the molecule is COc1ncc(-c2cc(C3C[C@@H]3C=O)c(C)nn2)c(OC)n1. The van der Waals surface area contributed by atoms with E-state index < -0.39 is 0 Å². The highest BCUT2D eigenvalue weighted by Crippen LogP contribution is 2.47. The van der Waals surface area contributed by atoms with Gasteiger partial charge in [0.05, 0.1) is 25.5 Å². The highest BCUT2D eigenvalue weighted by atomic mass is 16.5. The van der Waals surface area contributed by atoms with Crippen LogP contribution in [-0.4, -0.2) is 40.7 Å². The second kappa shape index (κ2) is 5.67. The third-order valence-corrected chi connectivity index (χ3v) is 3.82. The Morgan fingerprint density at radius 3 is 2.73 bits per heavy atom. The minimum absolute atomic E-state index is 0.0877. The Labute approximate surface area is 127 Å². The molecule has 3 rings (SSSR count). The quantitative estimate of drug-likeness (QED) is 0.774. The van der Waals surface area contributed by atoms with Crippen molar-refractivity contribution in [2.45, 2.75) is 19.3 Å². The van der Waals surface area contributed by atoms with Crippen LogP contribution in [0.5, 0.6) is 11.9 Å². The molecule has 2 aromatic rings. The number of hydrogen-bond acceptors (Lipinski definition) is 7. The molecule has 22 heavy (non-hydrogen) atoms. The van der Waals surface area contributed by atoms with Gasteiger partial charge in [0, 0.05) is 12.1 Å². The van der Waals surface area contributed by atoms with E-state index in [1.807, 2.05) is 13.0 Å². The van der Waals surface area contributed by atoms with Crippen molar-refractivity contribution < 1.29 is 14.3 Å². The molecule has 7 nitrogen and oxygen atoms in total. The Morgan fingerprint density at radius 1 is 1.27 bits per heavy atom. The van der Waals surface area contributed by atoms with Crippen molar-refractivity contribution in [2.24, 2.45) is 5.92 Å². The van der Waals surface area contributed by atoms with Gasteiger partial charge in [-0.25, -0.2) is 4.98 Å². The number of nitrogens with zero attached hydrogens (tertiary/aromatic N) is 4. The number of ether oxygens (including phenoxy) is 2. The standard InChI is InChI=1S/C15H16N4O3/c1-8-10(11-4-9(11)7-20)5-13(19-18-8)12-6-16-15(22-3)17-14(12)21-2/h5-7,9,11H,4H2,1-3H3/t9-,11?/m1/s1. The van der Waals surface area contributed by atoms with Crippen LogP contribution in [-0.2, 0) is 4.79 Å². The predicted molar refractivity (Wildman–Crippen MR) is 77.8 cm³/mol. The fourth-order valence-corrected chi connectivity index (χ4v) is 2.48. The Morgan fingerprint density at radius 2 is 2.09 bits per heavy atom. The van der Waals surface area contributed by atoms with Crippen molar-refractivity contribution in [3.8, 4) is 23.1 Å². The highest BCUT2D eigenvalue weighted by molar-refractivity contribution is 5.66. The molecule has 0 N–H and O–H groups in total. The number of methoxy groups -OCH3 is 2. The minimum Gasteiger partial charge on any atom is -0.480 e. The van der Waals surface area contributed by atoms with Crippen LogP contribution < -0.4 is 9.47 Å². The molecule has 0 radical (unpaired) electrons. The Balaban J connectivity index is 2.02. The molecule has 7 heteroatoms. The Bertz CT molecular complexity index is 720. The van der Waals surface area contributed by atoms with Crippen molar-refractivity contribution in [3.63, 3.8) is 0 Å². The molecule has 0 bridgehead atoms. The lowest BCUT2D eigenvalue weighted by atomic mass is 10.1. The van der Waals surface area contributed by atoms with E-state index >= 15 is 0 Å².